The van der Waals surface area contributed by atoms with E-state index >= 15 is 0 Å². The van der Waals surface area contributed by atoms with Crippen molar-refractivity contribution in [1.82, 2.24) is 0 Å². The summed E-state index contributed by atoms with van der Waals surface area (Å²) < 4.78 is 68.9. The number of nitrogens with zero attached hydrogens (tertiary/aromatic N) is 2. The van der Waals surface area contributed by atoms with Crippen LogP contribution in [0.25, 0.3) is 0 Å². The van der Waals surface area contributed by atoms with Crippen LogP contribution in [0.3, 0.4) is 0 Å². The molecular formula is C58H66N2O8S2. The summed E-state index contributed by atoms with van der Waals surface area (Å²) in [5.41, 5.74) is 1.19. The van der Waals surface area contributed by atoms with Crippen molar-refractivity contribution in [3.05, 3.63) is 170 Å². The first kappa shape index (κ1) is 51.6. The maximum atomic E-state index is 13.6. The highest BCUT2D eigenvalue weighted by molar-refractivity contribution is 7.93. The number of carbonyl (C=O) groups is 2. The highest BCUT2D eigenvalue weighted by Gasteiger charge is 2.28. The van der Waals surface area contributed by atoms with E-state index in [1.54, 1.807) is 72.8 Å². The average molecular weight is 983 g/mol. The second-order valence-corrected chi connectivity index (χ2v) is 21.8. The van der Waals surface area contributed by atoms with Crippen LogP contribution in [-0.4, -0.2) is 41.5 Å². The van der Waals surface area contributed by atoms with Gasteiger partial charge in [0.05, 0.1) is 21.2 Å². The van der Waals surface area contributed by atoms with E-state index in [0.29, 0.717) is 60.1 Å². The van der Waals surface area contributed by atoms with Gasteiger partial charge in [0.2, 0.25) is 0 Å². The number of hydrogen-bond donors (Lipinski definition) is 0. The number of ketones is 2. The van der Waals surface area contributed by atoms with Crippen LogP contribution in [0.1, 0.15) is 103 Å². The molecule has 0 N–H and O–H groups in total. The Morgan fingerprint density at radius 3 is 0.986 bits per heavy atom. The van der Waals surface area contributed by atoms with Gasteiger partial charge in [0, 0.05) is 37.8 Å². The molecule has 70 heavy (non-hydrogen) atoms. The molecule has 6 aromatic carbocycles. The van der Waals surface area contributed by atoms with Gasteiger partial charge in [-0.15, -0.1) is 0 Å². The number of ether oxygens (including phenoxy) is 2. The fourth-order valence-electron chi connectivity index (χ4n) is 9.23. The Labute approximate surface area is 415 Å². The monoisotopic (exact) mass is 982 g/mol. The van der Waals surface area contributed by atoms with Crippen molar-refractivity contribution in [2.75, 3.05) is 21.7 Å². The van der Waals surface area contributed by atoms with Crippen LogP contribution in [0.15, 0.2) is 180 Å². The van der Waals surface area contributed by atoms with Crippen molar-refractivity contribution in [1.29, 1.82) is 0 Å². The molecule has 2 aliphatic rings. The molecule has 8 rings (SSSR count). The number of para-hydroxylation sites is 4. The lowest BCUT2D eigenvalue weighted by Crippen LogP contribution is -2.32. The van der Waals surface area contributed by atoms with Gasteiger partial charge in [0.15, 0.2) is 0 Å². The van der Waals surface area contributed by atoms with Crippen molar-refractivity contribution in [3.8, 4) is 23.0 Å². The standard InChI is InChI=1S/2C29H33NO4S/c2*31-29(24-12-5-1-2-6-13-24)18-11-23-30(25-14-7-3-8-15-25)35(32,33)28-21-19-27(20-22-28)34-26-16-9-4-10-17-26/h2*3-4,7-10,14-17,19-22,24H,1-2,5-6,11-13,18,23H2. The molecule has 0 heterocycles. The Balaban J connectivity index is 0.000000206. The zero-order valence-electron chi connectivity index (χ0n) is 40.0. The van der Waals surface area contributed by atoms with Gasteiger partial charge in [0.1, 0.15) is 34.6 Å². The lowest BCUT2D eigenvalue weighted by atomic mass is 9.93. The molecule has 368 valence electrons. The minimum absolute atomic E-state index is 0.136. The van der Waals surface area contributed by atoms with Crippen LogP contribution in [0.2, 0.25) is 0 Å². The number of carbonyl (C=O) groups excluding carboxylic acids is 2. The highest BCUT2D eigenvalue weighted by Crippen LogP contribution is 2.31. The van der Waals surface area contributed by atoms with Crippen molar-refractivity contribution >= 4 is 43.0 Å². The molecule has 0 atom stereocenters. The van der Waals surface area contributed by atoms with Crippen molar-refractivity contribution in [2.24, 2.45) is 11.8 Å². The summed E-state index contributed by atoms with van der Waals surface area (Å²) >= 11 is 0. The van der Waals surface area contributed by atoms with Crippen LogP contribution >= 0.6 is 0 Å². The van der Waals surface area contributed by atoms with Crippen LogP contribution in [-0.2, 0) is 29.6 Å². The van der Waals surface area contributed by atoms with Crippen LogP contribution in [0.4, 0.5) is 11.4 Å². The summed E-state index contributed by atoms with van der Waals surface area (Å²) in [6.07, 6.45) is 15.0. The molecule has 0 spiro atoms. The zero-order chi connectivity index (χ0) is 49.0. The van der Waals surface area contributed by atoms with E-state index in [0.717, 1.165) is 51.4 Å². The molecule has 0 radical (unpaired) electrons. The number of Topliss-reactive ketones (excluding diaryl/α,β-unsaturated/α-hetero) is 2. The molecule has 2 fully saturated rings. The number of anilines is 2. The molecule has 12 heteroatoms. The number of benzene rings is 6. The van der Waals surface area contributed by atoms with E-state index in [9.17, 15) is 26.4 Å². The Bertz CT molecular complexity index is 2530. The summed E-state index contributed by atoms with van der Waals surface area (Å²) in [5, 5.41) is 0. The fraction of sp³-hybridized carbons (Fsp3) is 0.345. The van der Waals surface area contributed by atoms with Crippen molar-refractivity contribution in [3.63, 3.8) is 0 Å². The SMILES string of the molecule is O=C(CCCN(c1ccccc1)S(=O)(=O)c1ccc(Oc2ccccc2)cc1)C1CCCCCC1.O=C(CCCN(c1ccccc1)S(=O)(=O)c1ccc(Oc2ccccc2)cc1)C1CCCCCC1. The van der Waals surface area contributed by atoms with E-state index < -0.39 is 20.0 Å². The second-order valence-electron chi connectivity index (χ2n) is 18.1. The highest BCUT2D eigenvalue weighted by atomic mass is 32.2. The van der Waals surface area contributed by atoms with Crippen molar-refractivity contribution in [2.45, 2.75) is 113 Å². The van der Waals surface area contributed by atoms with E-state index in [1.807, 2.05) is 97.1 Å². The quantitative estimate of drug-likeness (QED) is 0.0692. The van der Waals surface area contributed by atoms with Gasteiger partial charge >= 0.3 is 0 Å². The maximum Gasteiger partial charge on any atom is 0.264 e. The molecule has 10 nitrogen and oxygen atoms in total. The molecule has 0 unspecified atom stereocenters. The van der Waals surface area contributed by atoms with Crippen LogP contribution in [0, 0.1) is 11.8 Å². The average Bonchev–Trinajstić information content (AvgIpc) is 3.85. The lowest BCUT2D eigenvalue weighted by Gasteiger charge is -2.25. The third-order valence-electron chi connectivity index (χ3n) is 13.1. The molecule has 6 aromatic rings. The maximum absolute atomic E-state index is 13.6. The van der Waals surface area contributed by atoms with E-state index in [1.165, 1.54) is 34.3 Å². The summed E-state index contributed by atoms with van der Waals surface area (Å²) in [6, 6.07) is 49.8. The van der Waals surface area contributed by atoms with E-state index in [2.05, 4.69) is 0 Å². The molecule has 0 bridgehead atoms. The van der Waals surface area contributed by atoms with Gasteiger partial charge in [-0.25, -0.2) is 16.8 Å². The molecular weight excluding hydrogens is 917 g/mol. The Morgan fingerprint density at radius 1 is 0.386 bits per heavy atom. The number of rotatable bonds is 20. The molecule has 2 saturated carbocycles. The first-order chi connectivity index (χ1) is 34.1. The predicted octanol–water partition coefficient (Wildman–Crippen LogP) is 14.0. The molecule has 0 saturated heterocycles. The number of hydrogen-bond acceptors (Lipinski definition) is 8. The van der Waals surface area contributed by atoms with Gasteiger partial charge in [-0.1, -0.05) is 124 Å². The third-order valence-corrected chi connectivity index (χ3v) is 16.7. The molecule has 0 amide bonds. The van der Waals surface area contributed by atoms with Crippen LogP contribution < -0.4 is 18.1 Å². The second kappa shape index (κ2) is 26.1. The Morgan fingerprint density at radius 2 is 0.671 bits per heavy atom. The van der Waals surface area contributed by atoms with Gasteiger partial charge in [-0.2, -0.15) is 0 Å². The summed E-state index contributed by atoms with van der Waals surface area (Å²) in [7, 11) is -7.61. The predicted molar refractivity (Wildman–Crippen MR) is 279 cm³/mol. The summed E-state index contributed by atoms with van der Waals surface area (Å²) in [6.45, 7) is 0.514. The molecule has 0 aliphatic heterocycles. The van der Waals surface area contributed by atoms with E-state index in [4.69, 9.17) is 9.47 Å². The lowest BCUT2D eigenvalue weighted by molar-refractivity contribution is -0.124. The normalized spacial score (nSPS) is 14.7. The summed E-state index contributed by atoms with van der Waals surface area (Å²) in [5.74, 6) is 3.33. The minimum Gasteiger partial charge on any atom is -0.457 e. The first-order valence-corrected chi connectivity index (χ1v) is 27.8. The minimum atomic E-state index is -3.81. The van der Waals surface area contributed by atoms with Crippen LogP contribution in [0.5, 0.6) is 23.0 Å². The van der Waals surface area contributed by atoms with E-state index in [-0.39, 0.29) is 46.3 Å². The first-order valence-electron chi connectivity index (χ1n) is 24.9. The van der Waals surface area contributed by atoms with Gasteiger partial charge in [-0.05, 0) is 136 Å². The molecule has 0 aromatic heterocycles. The van der Waals surface area contributed by atoms with Gasteiger partial charge in [-0.3, -0.25) is 18.2 Å². The van der Waals surface area contributed by atoms with Crippen molar-refractivity contribution < 1.29 is 35.9 Å². The topological polar surface area (TPSA) is 127 Å². The Hall–Kier alpha value is -6.24. The van der Waals surface area contributed by atoms with Gasteiger partial charge in [0.25, 0.3) is 20.0 Å². The third kappa shape index (κ3) is 14.9. The fourth-order valence-corrected chi connectivity index (χ4v) is 12.2. The summed E-state index contributed by atoms with van der Waals surface area (Å²) in [4.78, 5) is 26.0. The Kier molecular flexibility index (Phi) is 19.2. The number of sulfonamides is 2. The van der Waals surface area contributed by atoms with Gasteiger partial charge < -0.3 is 9.47 Å². The molecule has 2 aliphatic carbocycles. The largest absolute Gasteiger partial charge is 0.457 e. The smallest absolute Gasteiger partial charge is 0.264 e. The zero-order valence-corrected chi connectivity index (χ0v) is 41.7.